The Morgan fingerprint density at radius 3 is 2.54 bits per heavy atom. The molecule has 26 heavy (non-hydrogen) atoms. The number of nitrogens with one attached hydrogen (secondary N) is 1. The summed E-state index contributed by atoms with van der Waals surface area (Å²) < 4.78 is 26.4. The number of piperazine rings is 1. The van der Waals surface area contributed by atoms with Gasteiger partial charge < -0.3 is 9.88 Å². The zero-order chi connectivity index (χ0) is 18.1. The first kappa shape index (κ1) is 16.7. The number of carbonyl (C=O) groups excluding carboxylic acids is 1. The Kier molecular flexibility index (Phi) is 4.38. The number of benzene rings is 2. The third kappa shape index (κ3) is 3.30. The number of nitrogens with zero attached hydrogens (tertiary/aromatic N) is 3. The lowest BCUT2D eigenvalue weighted by molar-refractivity contribution is 0.0625. The van der Waals surface area contributed by atoms with E-state index < -0.39 is 11.6 Å². The monoisotopic (exact) mass is 356 g/mol. The highest BCUT2D eigenvalue weighted by molar-refractivity contribution is 5.94. The Balaban J connectivity index is 1.37. The summed E-state index contributed by atoms with van der Waals surface area (Å²) in [6, 6.07) is 11.1. The van der Waals surface area contributed by atoms with E-state index in [1.54, 1.807) is 4.90 Å². The van der Waals surface area contributed by atoms with Crippen molar-refractivity contribution in [3.63, 3.8) is 0 Å². The number of fused-ring (bicyclic) bond motifs is 1. The quantitative estimate of drug-likeness (QED) is 0.785. The molecular weight excluding hydrogens is 338 g/mol. The number of para-hydroxylation sites is 2. The number of H-pyrrole nitrogens is 1. The zero-order valence-corrected chi connectivity index (χ0v) is 14.1. The maximum Gasteiger partial charge on any atom is 0.254 e. The Bertz CT molecular complexity index is 915. The van der Waals surface area contributed by atoms with Crippen LogP contribution in [0.5, 0.6) is 0 Å². The molecule has 4 rings (SSSR count). The lowest BCUT2D eigenvalue weighted by atomic mass is 10.1. The van der Waals surface area contributed by atoms with E-state index in [1.165, 1.54) is 6.07 Å². The maximum absolute atomic E-state index is 13.3. The molecule has 7 heteroatoms. The Morgan fingerprint density at radius 2 is 1.81 bits per heavy atom. The summed E-state index contributed by atoms with van der Waals surface area (Å²) in [5, 5.41) is 0. The molecule has 2 aromatic carbocycles. The summed E-state index contributed by atoms with van der Waals surface area (Å²) in [4.78, 5) is 24.2. The van der Waals surface area contributed by atoms with Crippen molar-refractivity contribution in [1.29, 1.82) is 0 Å². The molecule has 0 bridgehead atoms. The van der Waals surface area contributed by atoms with Crippen LogP contribution in [0.3, 0.4) is 0 Å². The van der Waals surface area contributed by atoms with Crippen molar-refractivity contribution >= 4 is 16.9 Å². The summed E-state index contributed by atoms with van der Waals surface area (Å²) in [6.45, 7) is 3.16. The first-order chi connectivity index (χ1) is 12.6. The van der Waals surface area contributed by atoms with Crippen LogP contribution in [0.4, 0.5) is 8.78 Å². The second-order valence-corrected chi connectivity index (χ2v) is 6.40. The molecular formula is C19H18F2N4O. The number of aromatic amines is 1. The molecule has 1 fully saturated rings. The van der Waals surface area contributed by atoms with E-state index >= 15 is 0 Å². The molecule has 5 nitrogen and oxygen atoms in total. The summed E-state index contributed by atoms with van der Waals surface area (Å²) in [7, 11) is 0. The Hall–Kier alpha value is -2.80. The van der Waals surface area contributed by atoms with Gasteiger partial charge >= 0.3 is 0 Å². The molecule has 0 atom stereocenters. The summed E-state index contributed by atoms with van der Waals surface area (Å²) in [5.74, 6) is -1.32. The van der Waals surface area contributed by atoms with Gasteiger partial charge in [-0.1, -0.05) is 12.1 Å². The largest absolute Gasteiger partial charge is 0.341 e. The number of amides is 1. The van der Waals surface area contributed by atoms with Gasteiger partial charge in [-0.05, 0) is 30.3 Å². The minimum atomic E-state index is -1.00. The van der Waals surface area contributed by atoms with Gasteiger partial charge in [0.05, 0.1) is 17.6 Å². The molecule has 0 saturated carbocycles. The molecule has 1 saturated heterocycles. The third-order valence-electron chi connectivity index (χ3n) is 4.64. The van der Waals surface area contributed by atoms with Gasteiger partial charge in [-0.15, -0.1) is 0 Å². The molecule has 3 aromatic rings. The lowest BCUT2D eigenvalue weighted by Gasteiger charge is -2.34. The molecule has 0 spiro atoms. The molecule has 2 heterocycles. The van der Waals surface area contributed by atoms with Gasteiger partial charge in [0.1, 0.15) is 5.82 Å². The van der Waals surface area contributed by atoms with Gasteiger partial charge in [-0.3, -0.25) is 9.69 Å². The van der Waals surface area contributed by atoms with Gasteiger partial charge in [0.15, 0.2) is 11.6 Å². The molecule has 0 unspecified atom stereocenters. The highest BCUT2D eigenvalue weighted by Gasteiger charge is 2.23. The van der Waals surface area contributed by atoms with E-state index in [2.05, 4.69) is 14.9 Å². The van der Waals surface area contributed by atoms with Gasteiger partial charge in [0.2, 0.25) is 0 Å². The van der Waals surface area contributed by atoms with Crippen molar-refractivity contribution in [1.82, 2.24) is 19.8 Å². The number of hydrogen-bond acceptors (Lipinski definition) is 3. The Morgan fingerprint density at radius 1 is 1.04 bits per heavy atom. The summed E-state index contributed by atoms with van der Waals surface area (Å²) in [5.41, 5.74) is 2.12. The average Bonchev–Trinajstić information content (AvgIpc) is 3.06. The topological polar surface area (TPSA) is 52.2 Å². The fourth-order valence-electron chi connectivity index (χ4n) is 3.21. The first-order valence-electron chi connectivity index (χ1n) is 8.50. The normalized spacial score (nSPS) is 15.5. The average molecular weight is 356 g/mol. The van der Waals surface area contributed by atoms with Crippen LogP contribution in [0.1, 0.15) is 16.2 Å². The molecule has 1 amide bonds. The predicted octanol–water partition coefficient (Wildman–Crippen LogP) is 2.80. The number of carbonyl (C=O) groups is 1. The van der Waals surface area contributed by atoms with Crippen LogP contribution in [0.15, 0.2) is 42.5 Å². The van der Waals surface area contributed by atoms with Crippen molar-refractivity contribution in [2.24, 2.45) is 0 Å². The molecule has 1 aromatic heterocycles. The minimum absolute atomic E-state index is 0.176. The number of imidazole rings is 1. The van der Waals surface area contributed by atoms with Crippen molar-refractivity contribution in [3.05, 3.63) is 65.5 Å². The Labute approximate surface area is 149 Å². The van der Waals surface area contributed by atoms with E-state index in [4.69, 9.17) is 0 Å². The zero-order valence-electron chi connectivity index (χ0n) is 14.1. The summed E-state index contributed by atoms with van der Waals surface area (Å²) >= 11 is 0. The maximum atomic E-state index is 13.3. The molecule has 1 aliphatic heterocycles. The van der Waals surface area contributed by atoms with Crippen molar-refractivity contribution in [2.75, 3.05) is 26.2 Å². The van der Waals surface area contributed by atoms with Gasteiger partial charge in [-0.2, -0.15) is 0 Å². The van der Waals surface area contributed by atoms with Crippen molar-refractivity contribution < 1.29 is 13.6 Å². The van der Waals surface area contributed by atoms with Gasteiger partial charge in [-0.25, -0.2) is 13.8 Å². The third-order valence-corrected chi connectivity index (χ3v) is 4.64. The second-order valence-electron chi connectivity index (χ2n) is 6.40. The van der Waals surface area contributed by atoms with Crippen LogP contribution in [0.2, 0.25) is 0 Å². The fourth-order valence-corrected chi connectivity index (χ4v) is 3.21. The van der Waals surface area contributed by atoms with E-state index in [-0.39, 0.29) is 11.5 Å². The summed E-state index contributed by atoms with van der Waals surface area (Å²) in [6.07, 6.45) is 0. The van der Waals surface area contributed by atoms with Crippen LogP contribution in [-0.2, 0) is 6.54 Å². The highest BCUT2D eigenvalue weighted by Crippen LogP contribution is 2.15. The van der Waals surface area contributed by atoms with Crippen LogP contribution >= 0.6 is 0 Å². The molecule has 134 valence electrons. The number of hydrogen-bond donors (Lipinski definition) is 1. The van der Waals surface area contributed by atoms with E-state index in [1.807, 2.05) is 24.3 Å². The number of aromatic nitrogens is 2. The molecule has 0 aliphatic carbocycles. The SMILES string of the molecule is O=C(c1ccc(F)c(F)c1)N1CCN(Cc2nc3ccccc3[nH]2)CC1. The number of rotatable bonds is 3. The minimum Gasteiger partial charge on any atom is -0.341 e. The smallest absolute Gasteiger partial charge is 0.254 e. The lowest BCUT2D eigenvalue weighted by Crippen LogP contribution is -2.48. The van der Waals surface area contributed by atoms with Crippen LogP contribution < -0.4 is 0 Å². The van der Waals surface area contributed by atoms with Crippen LogP contribution in [0.25, 0.3) is 11.0 Å². The molecule has 0 radical (unpaired) electrons. The van der Waals surface area contributed by atoms with E-state index in [0.29, 0.717) is 32.7 Å². The van der Waals surface area contributed by atoms with Crippen LogP contribution in [-0.4, -0.2) is 51.9 Å². The standard InChI is InChI=1S/C19H18F2N4O/c20-14-6-5-13(11-15(14)21)19(26)25-9-7-24(8-10-25)12-18-22-16-3-1-2-4-17(16)23-18/h1-6,11H,7-10,12H2,(H,22,23). The van der Waals surface area contributed by atoms with Crippen molar-refractivity contribution in [3.8, 4) is 0 Å². The number of halogens is 2. The molecule has 1 N–H and O–H groups in total. The molecule has 1 aliphatic rings. The van der Waals surface area contributed by atoms with E-state index in [0.717, 1.165) is 29.0 Å². The van der Waals surface area contributed by atoms with Crippen LogP contribution in [0, 0.1) is 11.6 Å². The first-order valence-corrected chi connectivity index (χ1v) is 8.50. The second kappa shape index (κ2) is 6.84. The highest BCUT2D eigenvalue weighted by atomic mass is 19.2. The predicted molar refractivity (Wildman–Crippen MR) is 93.6 cm³/mol. The van der Waals surface area contributed by atoms with Gasteiger partial charge in [0, 0.05) is 31.7 Å². The van der Waals surface area contributed by atoms with Gasteiger partial charge in [0.25, 0.3) is 5.91 Å². The van der Waals surface area contributed by atoms with Crippen molar-refractivity contribution in [2.45, 2.75) is 6.54 Å². The van der Waals surface area contributed by atoms with E-state index in [9.17, 15) is 13.6 Å². The fraction of sp³-hybridized carbons (Fsp3) is 0.263.